The van der Waals surface area contributed by atoms with E-state index in [0.717, 1.165) is 11.3 Å². The number of rotatable bonds is 3. The van der Waals surface area contributed by atoms with Crippen LogP contribution >= 0.6 is 0 Å². The van der Waals surface area contributed by atoms with Crippen molar-refractivity contribution in [3.05, 3.63) is 69.3 Å². The molecule has 25 heavy (non-hydrogen) atoms. The first-order chi connectivity index (χ1) is 11.9. The molecule has 0 saturated heterocycles. The molecule has 2 heterocycles. The number of aromatic nitrogens is 2. The lowest BCUT2D eigenvalue weighted by Crippen LogP contribution is -2.32. The number of hydrogen-bond acceptors (Lipinski definition) is 4. The Bertz CT molecular complexity index is 1020. The first kappa shape index (κ1) is 16.7. The fourth-order valence-electron chi connectivity index (χ4n) is 2.96. The van der Waals surface area contributed by atoms with Crippen LogP contribution in [-0.2, 0) is 13.6 Å². The molecule has 6 nitrogen and oxygen atoms in total. The Labute approximate surface area is 144 Å². The topological polar surface area (TPSA) is 84.2 Å². The number of aromatic hydroxyl groups is 1. The molecule has 6 heteroatoms. The third-order valence-electron chi connectivity index (χ3n) is 4.08. The van der Waals surface area contributed by atoms with Gasteiger partial charge < -0.3 is 15.0 Å². The average molecular weight is 337 g/mol. The van der Waals surface area contributed by atoms with E-state index in [9.17, 15) is 14.7 Å². The van der Waals surface area contributed by atoms with Gasteiger partial charge >= 0.3 is 0 Å². The SMILES string of the molecule is Cc1cc(C)nc(CNC(=O)c2c(O)c3ccccc3n(C)c2=O)c1. The van der Waals surface area contributed by atoms with E-state index in [1.807, 2.05) is 26.0 Å². The smallest absolute Gasteiger partial charge is 0.267 e. The van der Waals surface area contributed by atoms with Gasteiger partial charge in [0.1, 0.15) is 11.3 Å². The molecule has 0 spiro atoms. The number of carbonyl (C=O) groups excluding carboxylic acids is 1. The Balaban J connectivity index is 1.96. The number of benzene rings is 1. The summed E-state index contributed by atoms with van der Waals surface area (Å²) in [6.07, 6.45) is 0. The second kappa shape index (κ2) is 6.39. The lowest BCUT2D eigenvalue weighted by Gasteiger charge is -2.12. The number of pyridine rings is 2. The van der Waals surface area contributed by atoms with Crippen LogP contribution in [0.2, 0.25) is 0 Å². The predicted molar refractivity (Wildman–Crippen MR) is 95.7 cm³/mol. The molecule has 0 fully saturated rings. The summed E-state index contributed by atoms with van der Waals surface area (Å²) in [7, 11) is 1.58. The molecule has 0 saturated carbocycles. The number of amides is 1. The van der Waals surface area contributed by atoms with Crippen molar-refractivity contribution in [3.63, 3.8) is 0 Å². The van der Waals surface area contributed by atoms with Crippen LogP contribution in [0, 0.1) is 13.8 Å². The van der Waals surface area contributed by atoms with Crippen LogP contribution in [0.15, 0.2) is 41.2 Å². The number of aryl methyl sites for hydroxylation is 3. The largest absolute Gasteiger partial charge is 0.506 e. The summed E-state index contributed by atoms with van der Waals surface area (Å²) >= 11 is 0. The zero-order valence-electron chi connectivity index (χ0n) is 14.3. The first-order valence-electron chi connectivity index (χ1n) is 7.91. The van der Waals surface area contributed by atoms with Crippen molar-refractivity contribution in [1.29, 1.82) is 0 Å². The summed E-state index contributed by atoms with van der Waals surface area (Å²) in [5.41, 5.74) is 2.36. The van der Waals surface area contributed by atoms with Gasteiger partial charge in [0.05, 0.1) is 17.8 Å². The van der Waals surface area contributed by atoms with Crippen LogP contribution in [-0.4, -0.2) is 20.6 Å². The van der Waals surface area contributed by atoms with Crippen LogP contribution in [0.25, 0.3) is 10.9 Å². The molecule has 0 aliphatic rings. The lowest BCUT2D eigenvalue weighted by molar-refractivity contribution is 0.0946. The van der Waals surface area contributed by atoms with Crippen molar-refractivity contribution < 1.29 is 9.90 Å². The highest BCUT2D eigenvalue weighted by atomic mass is 16.3. The quantitative estimate of drug-likeness (QED) is 0.767. The summed E-state index contributed by atoms with van der Waals surface area (Å²) < 4.78 is 1.36. The Hall–Kier alpha value is -3.15. The second-order valence-electron chi connectivity index (χ2n) is 6.06. The summed E-state index contributed by atoms with van der Waals surface area (Å²) in [5, 5.41) is 13.5. The van der Waals surface area contributed by atoms with Crippen LogP contribution in [0.3, 0.4) is 0 Å². The minimum absolute atomic E-state index is 0.177. The molecule has 0 bridgehead atoms. The van der Waals surface area contributed by atoms with Gasteiger partial charge in [-0.3, -0.25) is 14.6 Å². The van der Waals surface area contributed by atoms with Gasteiger partial charge in [-0.15, -0.1) is 0 Å². The average Bonchev–Trinajstić information content (AvgIpc) is 2.57. The minimum Gasteiger partial charge on any atom is -0.506 e. The molecule has 1 aromatic carbocycles. The number of carbonyl (C=O) groups is 1. The fourth-order valence-corrected chi connectivity index (χ4v) is 2.96. The van der Waals surface area contributed by atoms with Gasteiger partial charge in [0, 0.05) is 18.1 Å². The molecule has 128 valence electrons. The molecule has 0 atom stereocenters. The number of para-hydroxylation sites is 1. The van der Waals surface area contributed by atoms with Crippen LogP contribution in [0.1, 0.15) is 27.3 Å². The third kappa shape index (κ3) is 3.10. The Morgan fingerprint density at radius 3 is 2.68 bits per heavy atom. The molecule has 1 amide bonds. The highest BCUT2D eigenvalue weighted by Gasteiger charge is 2.20. The molecule has 0 radical (unpaired) electrons. The van der Waals surface area contributed by atoms with E-state index in [0.29, 0.717) is 16.6 Å². The van der Waals surface area contributed by atoms with Crippen molar-refractivity contribution in [3.8, 4) is 5.75 Å². The van der Waals surface area contributed by atoms with Gasteiger partial charge in [0.2, 0.25) is 0 Å². The van der Waals surface area contributed by atoms with Crippen LogP contribution in [0.4, 0.5) is 0 Å². The Morgan fingerprint density at radius 1 is 1.24 bits per heavy atom. The zero-order chi connectivity index (χ0) is 18.1. The summed E-state index contributed by atoms with van der Waals surface area (Å²) in [4.78, 5) is 29.4. The third-order valence-corrected chi connectivity index (χ3v) is 4.08. The van der Waals surface area contributed by atoms with Gasteiger partial charge in [0.25, 0.3) is 11.5 Å². The second-order valence-corrected chi connectivity index (χ2v) is 6.06. The van der Waals surface area contributed by atoms with E-state index in [2.05, 4.69) is 10.3 Å². The first-order valence-corrected chi connectivity index (χ1v) is 7.91. The Kier molecular flexibility index (Phi) is 4.27. The Morgan fingerprint density at radius 2 is 1.96 bits per heavy atom. The summed E-state index contributed by atoms with van der Waals surface area (Å²) in [6.45, 7) is 4.00. The van der Waals surface area contributed by atoms with Gasteiger partial charge in [-0.1, -0.05) is 12.1 Å². The van der Waals surface area contributed by atoms with Crippen LogP contribution < -0.4 is 10.9 Å². The molecular weight excluding hydrogens is 318 g/mol. The molecule has 2 N–H and O–H groups in total. The molecular formula is C19H19N3O3. The molecule has 0 aliphatic heterocycles. The normalized spacial score (nSPS) is 10.8. The van der Waals surface area contributed by atoms with E-state index in [1.165, 1.54) is 4.57 Å². The maximum absolute atomic E-state index is 12.5. The zero-order valence-corrected chi connectivity index (χ0v) is 14.3. The van der Waals surface area contributed by atoms with Gasteiger partial charge in [-0.25, -0.2) is 0 Å². The van der Waals surface area contributed by atoms with Crippen molar-refractivity contribution >= 4 is 16.8 Å². The summed E-state index contributed by atoms with van der Waals surface area (Å²) in [6, 6.07) is 10.7. The van der Waals surface area contributed by atoms with E-state index < -0.39 is 11.5 Å². The van der Waals surface area contributed by atoms with E-state index in [1.54, 1.807) is 31.3 Å². The van der Waals surface area contributed by atoms with Gasteiger partial charge in [0.15, 0.2) is 0 Å². The van der Waals surface area contributed by atoms with E-state index >= 15 is 0 Å². The monoisotopic (exact) mass is 337 g/mol. The number of nitrogens with zero attached hydrogens (tertiary/aromatic N) is 2. The fraction of sp³-hybridized carbons (Fsp3) is 0.211. The molecule has 0 aliphatic carbocycles. The highest BCUT2D eigenvalue weighted by Crippen LogP contribution is 2.25. The number of hydrogen-bond donors (Lipinski definition) is 2. The molecule has 2 aromatic heterocycles. The maximum Gasteiger partial charge on any atom is 0.267 e. The van der Waals surface area contributed by atoms with E-state index in [-0.39, 0.29) is 17.9 Å². The van der Waals surface area contributed by atoms with Gasteiger partial charge in [-0.2, -0.15) is 0 Å². The van der Waals surface area contributed by atoms with E-state index in [4.69, 9.17) is 0 Å². The molecule has 3 aromatic rings. The van der Waals surface area contributed by atoms with Crippen molar-refractivity contribution in [2.45, 2.75) is 20.4 Å². The lowest BCUT2D eigenvalue weighted by atomic mass is 10.1. The number of fused-ring (bicyclic) bond motifs is 1. The van der Waals surface area contributed by atoms with Crippen molar-refractivity contribution in [2.24, 2.45) is 7.05 Å². The van der Waals surface area contributed by atoms with Crippen LogP contribution in [0.5, 0.6) is 5.75 Å². The van der Waals surface area contributed by atoms with Gasteiger partial charge in [-0.05, 0) is 43.7 Å². The predicted octanol–water partition coefficient (Wildman–Crippen LogP) is 2.19. The molecule has 0 unspecified atom stereocenters. The number of nitrogens with one attached hydrogen (secondary N) is 1. The summed E-state index contributed by atoms with van der Waals surface area (Å²) in [5.74, 6) is -0.922. The minimum atomic E-state index is -0.621. The standard InChI is InChI=1S/C19H19N3O3/c1-11-8-12(2)21-13(9-11)10-20-18(24)16-17(23)14-6-4-5-7-15(14)22(3)19(16)25/h4-9,23H,10H2,1-3H3,(H,20,24). The molecule has 3 rings (SSSR count). The maximum atomic E-state index is 12.5. The van der Waals surface area contributed by atoms with Crippen molar-refractivity contribution in [2.75, 3.05) is 0 Å². The highest BCUT2D eigenvalue weighted by molar-refractivity contribution is 6.02. The van der Waals surface area contributed by atoms with Crippen molar-refractivity contribution in [1.82, 2.24) is 14.9 Å².